The molecular formula is C40H28N4O. The average Bonchev–Trinajstić information content (AvgIpc) is 3.48. The molecule has 3 heterocycles. The minimum Gasteiger partial charge on any atom is -0.440 e. The average molecular weight is 581 g/mol. The van der Waals surface area contributed by atoms with Crippen LogP contribution in [0.2, 0.25) is 0 Å². The molecule has 5 heteroatoms. The zero-order valence-corrected chi connectivity index (χ0v) is 24.4. The van der Waals surface area contributed by atoms with Crippen molar-refractivity contribution in [3.8, 4) is 33.9 Å². The molecule has 0 radical (unpaired) electrons. The van der Waals surface area contributed by atoms with Crippen molar-refractivity contribution in [1.29, 1.82) is 0 Å². The molecule has 214 valence electrons. The number of benzene rings is 6. The second-order valence-electron chi connectivity index (χ2n) is 11.6. The van der Waals surface area contributed by atoms with Gasteiger partial charge in [-0.05, 0) is 63.4 Å². The van der Waals surface area contributed by atoms with Crippen LogP contribution in [0.1, 0.15) is 23.7 Å². The van der Waals surface area contributed by atoms with Gasteiger partial charge in [0.15, 0.2) is 17.5 Å². The molecule has 0 amide bonds. The number of rotatable bonds is 4. The van der Waals surface area contributed by atoms with Crippen molar-refractivity contribution < 1.29 is 4.42 Å². The van der Waals surface area contributed by atoms with Gasteiger partial charge >= 0.3 is 0 Å². The predicted octanol–water partition coefficient (Wildman–Crippen LogP) is 9.87. The van der Waals surface area contributed by atoms with E-state index in [1.165, 1.54) is 10.8 Å². The maximum absolute atomic E-state index is 6.41. The van der Waals surface area contributed by atoms with E-state index >= 15 is 0 Å². The molecule has 1 aliphatic heterocycles. The molecule has 1 unspecified atom stereocenters. The second-order valence-corrected chi connectivity index (χ2v) is 11.6. The molecule has 2 aromatic heterocycles. The molecule has 0 aliphatic carbocycles. The Labute approximate surface area is 260 Å². The van der Waals surface area contributed by atoms with Crippen LogP contribution >= 0.6 is 0 Å². The molecule has 8 aromatic rings. The van der Waals surface area contributed by atoms with Gasteiger partial charge in [0.25, 0.3) is 0 Å². The van der Waals surface area contributed by atoms with Crippen LogP contribution in [0.5, 0.6) is 0 Å². The fourth-order valence-corrected chi connectivity index (χ4v) is 6.70. The third-order valence-electron chi connectivity index (χ3n) is 8.86. The molecule has 0 saturated heterocycles. The van der Waals surface area contributed by atoms with Crippen molar-refractivity contribution in [3.63, 3.8) is 0 Å². The number of hydrogen-bond donors (Lipinski definition) is 1. The maximum Gasteiger partial charge on any atom is 0.198 e. The molecule has 0 fully saturated rings. The van der Waals surface area contributed by atoms with Gasteiger partial charge < -0.3 is 9.73 Å². The summed E-state index contributed by atoms with van der Waals surface area (Å²) in [5, 5.41) is 9.29. The van der Waals surface area contributed by atoms with Crippen molar-refractivity contribution >= 4 is 38.4 Å². The van der Waals surface area contributed by atoms with Gasteiger partial charge in [-0.3, -0.25) is 0 Å². The summed E-state index contributed by atoms with van der Waals surface area (Å²) in [5.41, 5.74) is 6.23. The van der Waals surface area contributed by atoms with Crippen LogP contribution in [0.3, 0.4) is 0 Å². The third-order valence-corrected chi connectivity index (χ3v) is 8.86. The number of fused-ring (bicyclic) bond motifs is 5. The summed E-state index contributed by atoms with van der Waals surface area (Å²) in [6, 6.07) is 46.4. The molecule has 0 saturated carbocycles. The van der Waals surface area contributed by atoms with Crippen LogP contribution in [0.4, 0.5) is 5.88 Å². The molecule has 1 aliphatic rings. The van der Waals surface area contributed by atoms with Crippen LogP contribution in [-0.4, -0.2) is 21.5 Å². The molecule has 45 heavy (non-hydrogen) atoms. The van der Waals surface area contributed by atoms with E-state index in [-0.39, 0.29) is 5.92 Å². The summed E-state index contributed by atoms with van der Waals surface area (Å²) in [5.74, 6) is 2.84. The fraction of sp³-hybridized carbons (Fsp3) is 0.0750. The largest absolute Gasteiger partial charge is 0.440 e. The van der Waals surface area contributed by atoms with E-state index in [1.807, 2.05) is 18.2 Å². The zero-order valence-electron chi connectivity index (χ0n) is 24.4. The van der Waals surface area contributed by atoms with Gasteiger partial charge in [0.1, 0.15) is 11.4 Å². The van der Waals surface area contributed by atoms with E-state index < -0.39 is 0 Å². The van der Waals surface area contributed by atoms with E-state index in [1.54, 1.807) is 0 Å². The Morgan fingerprint density at radius 2 is 1.20 bits per heavy atom. The highest BCUT2D eigenvalue weighted by molar-refractivity contribution is 6.01. The SMILES string of the molecule is c1ccc(-c2nc(-c3cc(-c4ccccc4)c4ccccc4c3)nc(C3CCNc4oc5cc6ccccc6cc5c43)n2)cc1. The Balaban J connectivity index is 1.27. The summed E-state index contributed by atoms with van der Waals surface area (Å²) in [4.78, 5) is 15.5. The van der Waals surface area contributed by atoms with Gasteiger partial charge in [-0.15, -0.1) is 0 Å². The van der Waals surface area contributed by atoms with Gasteiger partial charge in [0.05, 0.1) is 5.92 Å². The van der Waals surface area contributed by atoms with Crippen LogP contribution < -0.4 is 5.32 Å². The molecule has 0 bridgehead atoms. The van der Waals surface area contributed by atoms with Crippen molar-refractivity contribution in [1.82, 2.24) is 15.0 Å². The van der Waals surface area contributed by atoms with Gasteiger partial charge in [-0.25, -0.2) is 15.0 Å². The number of anilines is 1. The van der Waals surface area contributed by atoms with Gasteiger partial charge in [0, 0.05) is 28.6 Å². The van der Waals surface area contributed by atoms with E-state index in [4.69, 9.17) is 19.4 Å². The molecule has 5 nitrogen and oxygen atoms in total. The number of nitrogens with zero attached hydrogens (tertiary/aromatic N) is 3. The summed E-state index contributed by atoms with van der Waals surface area (Å²) in [6.07, 6.45) is 0.846. The second kappa shape index (κ2) is 10.4. The molecule has 6 aromatic carbocycles. The Bertz CT molecular complexity index is 2360. The smallest absolute Gasteiger partial charge is 0.198 e. The van der Waals surface area contributed by atoms with Crippen LogP contribution in [0.15, 0.2) is 138 Å². The van der Waals surface area contributed by atoms with E-state index in [0.29, 0.717) is 11.6 Å². The van der Waals surface area contributed by atoms with Crippen molar-refractivity contribution in [3.05, 3.63) is 145 Å². The lowest BCUT2D eigenvalue weighted by Crippen LogP contribution is -2.19. The monoisotopic (exact) mass is 580 g/mol. The van der Waals surface area contributed by atoms with E-state index in [9.17, 15) is 0 Å². The van der Waals surface area contributed by atoms with Crippen molar-refractivity contribution in [2.45, 2.75) is 12.3 Å². The van der Waals surface area contributed by atoms with Gasteiger partial charge in [-0.1, -0.05) is 109 Å². The van der Waals surface area contributed by atoms with Crippen molar-refractivity contribution in [2.75, 3.05) is 11.9 Å². The fourth-order valence-electron chi connectivity index (χ4n) is 6.70. The molecule has 1 atom stereocenters. The van der Waals surface area contributed by atoms with Crippen LogP contribution in [0, 0.1) is 0 Å². The quantitative estimate of drug-likeness (QED) is 0.224. The number of aromatic nitrogens is 3. The molecule has 0 spiro atoms. The lowest BCUT2D eigenvalue weighted by molar-refractivity contribution is 0.584. The lowest BCUT2D eigenvalue weighted by atomic mass is 9.90. The lowest BCUT2D eigenvalue weighted by Gasteiger charge is -2.23. The topological polar surface area (TPSA) is 63.8 Å². The summed E-state index contributed by atoms with van der Waals surface area (Å²) < 4.78 is 6.41. The Kier molecular flexibility index (Phi) is 5.94. The Morgan fingerprint density at radius 3 is 1.98 bits per heavy atom. The van der Waals surface area contributed by atoms with E-state index in [2.05, 4.69) is 121 Å². The normalized spacial score (nSPS) is 14.4. The highest BCUT2D eigenvalue weighted by atomic mass is 16.3. The zero-order chi connectivity index (χ0) is 29.7. The number of nitrogens with one attached hydrogen (secondary N) is 1. The van der Waals surface area contributed by atoms with E-state index in [0.717, 1.165) is 74.2 Å². The summed E-state index contributed by atoms with van der Waals surface area (Å²) in [7, 11) is 0. The summed E-state index contributed by atoms with van der Waals surface area (Å²) in [6.45, 7) is 0.771. The highest BCUT2D eigenvalue weighted by Gasteiger charge is 2.31. The standard InChI is InChI=1S/C40H28N4O/c1-3-11-25(12-4-1)33-23-30(21-29-17-9-10-18-31(29)33)38-42-37(26-13-5-2-6-14-26)43-39(44-38)32-19-20-41-40-36(32)34-22-27-15-7-8-16-28(27)24-35(34)45-40/h1-18,21-24,32,41H,19-20H2. The summed E-state index contributed by atoms with van der Waals surface area (Å²) >= 11 is 0. The molecule has 9 rings (SSSR count). The minimum absolute atomic E-state index is 0.0538. The highest BCUT2D eigenvalue weighted by Crippen LogP contribution is 2.44. The first kappa shape index (κ1) is 25.7. The van der Waals surface area contributed by atoms with Crippen molar-refractivity contribution in [2.24, 2.45) is 0 Å². The first-order valence-electron chi connectivity index (χ1n) is 15.4. The first-order valence-corrected chi connectivity index (χ1v) is 15.4. The van der Waals surface area contributed by atoms with Gasteiger partial charge in [0.2, 0.25) is 0 Å². The van der Waals surface area contributed by atoms with Crippen LogP contribution in [0.25, 0.3) is 66.4 Å². The maximum atomic E-state index is 6.41. The Hall–Kier alpha value is -5.81. The number of furan rings is 1. The minimum atomic E-state index is -0.0538. The number of hydrogen-bond acceptors (Lipinski definition) is 5. The van der Waals surface area contributed by atoms with Gasteiger partial charge in [-0.2, -0.15) is 0 Å². The Morgan fingerprint density at radius 1 is 0.556 bits per heavy atom. The predicted molar refractivity (Wildman–Crippen MR) is 182 cm³/mol. The molecule has 1 N–H and O–H groups in total. The third kappa shape index (κ3) is 4.44. The molecular weight excluding hydrogens is 552 g/mol. The van der Waals surface area contributed by atoms with Crippen LogP contribution in [-0.2, 0) is 0 Å². The first-order chi connectivity index (χ1) is 22.3.